The van der Waals surface area contributed by atoms with Gasteiger partial charge in [0.15, 0.2) is 5.60 Å². The minimum atomic E-state index is -1.06. The van der Waals surface area contributed by atoms with E-state index >= 15 is 0 Å². The molecule has 0 saturated carbocycles. The molecule has 0 unspecified atom stereocenters. The zero-order chi connectivity index (χ0) is 15.2. The Hall–Kier alpha value is -2.63. The van der Waals surface area contributed by atoms with Gasteiger partial charge in [0.1, 0.15) is 17.4 Å². The molecule has 2 N–H and O–H groups in total. The Labute approximate surface area is 121 Å². The summed E-state index contributed by atoms with van der Waals surface area (Å²) in [5.41, 5.74) is 5.77. The van der Waals surface area contributed by atoms with Crippen LogP contribution in [0.3, 0.4) is 0 Å². The fourth-order valence-corrected chi connectivity index (χ4v) is 2.22. The second-order valence-electron chi connectivity index (χ2n) is 5.31. The Balaban J connectivity index is 2.18. The predicted octanol–water partition coefficient (Wildman–Crippen LogP) is 2.64. The Bertz CT molecular complexity index is 713. The van der Waals surface area contributed by atoms with Crippen LogP contribution in [0.2, 0.25) is 0 Å². The molecule has 1 aromatic heterocycles. The lowest BCUT2D eigenvalue weighted by molar-refractivity contribution is -0.131. The number of fused-ring (bicyclic) bond motifs is 1. The van der Waals surface area contributed by atoms with E-state index < -0.39 is 11.4 Å². The van der Waals surface area contributed by atoms with E-state index in [1.807, 2.05) is 0 Å². The number of nitrogen functional groups attached to an aromatic ring is 1. The second kappa shape index (κ2) is 4.44. The number of halogens is 1. The Kier molecular flexibility index (Phi) is 2.83. The molecule has 1 aliphatic rings. The van der Waals surface area contributed by atoms with Crippen LogP contribution in [0, 0.1) is 5.82 Å². The molecule has 0 aliphatic carbocycles. The van der Waals surface area contributed by atoms with Crippen molar-refractivity contribution in [2.24, 2.45) is 0 Å². The van der Waals surface area contributed by atoms with E-state index in [1.54, 1.807) is 32.0 Å². The largest absolute Gasteiger partial charge is 0.476 e. The molecule has 0 bridgehead atoms. The number of carbonyl (C=O) groups is 1. The predicted molar refractivity (Wildman–Crippen MR) is 76.9 cm³/mol. The Morgan fingerprint density at radius 1 is 1.29 bits per heavy atom. The van der Waals surface area contributed by atoms with Crippen molar-refractivity contribution >= 4 is 23.1 Å². The van der Waals surface area contributed by atoms with E-state index in [-0.39, 0.29) is 5.91 Å². The van der Waals surface area contributed by atoms with Crippen molar-refractivity contribution in [3.05, 3.63) is 42.3 Å². The van der Waals surface area contributed by atoms with Gasteiger partial charge >= 0.3 is 0 Å². The summed E-state index contributed by atoms with van der Waals surface area (Å²) in [5, 5.41) is 0. The van der Waals surface area contributed by atoms with Gasteiger partial charge in [-0.1, -0.05) is 0 Å². The lowest BCUT2D eigenvalue weighted by atomic mass is 10.0. The van der Waals surface area contributed by atoms with E-state index in [2.05, 4.69) is 4.98 Å². The first-order chi connectivity index (χ1) is 9.88. The van der Waals surface area contributed by atoms with Crippen LogP contribution >= 0.6 is 0 Å². The number of ether oxygens (including phenoxy) is 1. The Morgan fingerprint density at radius 2 is 2.05 bits per heavy atom. The fourth-order valence-electron chi connectivity index (χ4n) is 2.22. The molecular formula is C15H14FN3O2. The number of pyridine rings is 1. The number of nitrogens with two attached hydrogens (primary N) is 1. The summed E-state index contributed by atoms with van der Waals surface area (Å²) in [6, 6.07) is 7.72. The van der Waals surface area contributed by atoms with Gasteiger partial charge in [0.2, 0.25) is 0 Å². The van der Waals surface area contributed by atoms with Gasteiger partial charge in [-0.2, -0.15) is 0 Å². The van der Waals surface area contributed by atoms with Gasteiger partial charge in [0, 0.05) is 11.8 Å². The van der Waals surface area contributed by atoms with Crippen LogP contribution in [0.4, 0.5) is 21.6 Å². The monoisotopic (exact) mass is 287 g/mol. The SMILES string of the molecule is CC1(C)Oc2cc(N)ccc2N(c2ccc(F)cn2)C1=O. The van der Waals surface area contributed by atoms with Crippen molar-refractivity contribution in [3.63, 3.8) is 0 Å². The zero-order valence-corrected chi connectivity index (χ0v) is 11.6. The summed E-state index contributed by atoms with van der Waals surface area (Å²) < 4.78 is 18.8. The molecule has 2 heterocycles. The third-order valence-corrected chi connectivity index (χ3v) is 3.25. The molecule has 0 fully saturated rings. The minimum absolute atomic E-state index is 0.279. The van der Waals surface area contributed by atoms with E-state index in [4.69, 9.17) is 10.5 Å². The van der Waals surface area contributed by atoms with Crippen LogP contribution < -0.4 is 15.4 Å². The molecule has 0 radical (unpaired) electrons. The van der Waals surface area contributed by atoms with Crippen molar-refractivity contribution < 1.29 is 13.9 Å². The van der Waals surface area contributed by atoms with Gasteiger partial charge in [-0.05, 0) is 38.1 Å². The van der Waals surface area contributed by atoms with Crippen molar-refractivity contribution in [2.45, 2.75) is 19.4 Å². The van der Waals surface area contributed by atoms with E-state index in [0.717, 1.165) is 6.20 Å². The van der Waals surface area contributed by atoms with Gasteiger partial charge < -0.3 is 10.5 Å². The van der Waals surface area contributed by atoms with Crippen molar-refractivity contribution in [1.82, 2.24) is 4.98 Å². The quantitative estimate of drug-likeness (QED) is 0.819. The number of benzene rings is 1. The molecule has 5 nitrogen and oxygen atoms in total. The van der Waals surface area contributed by atoms with Gasteiger partial charge in [-0.15, -0.1) is 0 Å². The average molecular weight is 287 g/mol. The molecule has 1 aromatic carbocycles. The third-order valence-electron chi connectivity index (χ3n) is 3.25. The number of rotatable bonds is 1. The standard InChI is InChI=1S/C15H14FN3O2/c1-15(2)14(20)19(13-6-3-9(16)8-18-13)11-5-4-10(17)7-12(11)21-15/h3-8H,17H2,1-2H3. The minimum Gasteiger partial charge on any atom is -0.476 e. The maximum Gasteiger partial charge on any atom is 0.276 e. The van der Waals surface area contributed by atoms with Crippen LogP contribution in [0.15, 0.2) is 36.5 Å². The topological polar surface area (TPSA) is 68.5 Å². The van der Waals surface area contributed by atoms with Crippen LogP contribution in [-0.2, 0) is 4.79 Å². The van der Waals surface area contributed by atoms with Crippen LogP contribution in [0.25, 0.3) is 0 Å². The maximum atomic E-state index is 13.0. The molecule has 2 aromatic rings. The van der Waals surface area contributed by atoms with Crippen LogP contribution in [0.5, 0.6) is 5.75 Å². The van der Waals surface area contributed by atoms with Gasteiger partial charge in [0.05, 0.1) is 11.9 Å². The first-order valence-corrected chi connectivity index (χ1v) is 6.43. The normalized spacial score (nSPS) is 16.3. The zero-order valence-electron chi connectivity index (χ0n) is 11.6. The summed E-state index contributed by atoms with van der Waals surface area (Å²) in [6.45, 7) is 3.33. The molecule has 0 saturated heterocycles. The molecule has 1 amide bonds. The number of carbonyl (C=O) groups excluding carboxylic acids is 1. The van der Waals surface area contributed by atoms with Crippen LogP contribution in [0.1, 0.15) is 13.8 Å². The molecule has 108 valence electrons. The number of hydrogen-bond acceptors (Lipinski definition) is 4. The highest BCUT2D eigenvalue weighted by molar-refractivity contribution is 6.07. The van der Waals surface area contributed by atoms with Crippen molar-refractivity contribution in [1.29, 1.82) is 0 Å². The van der Waals surface area contributed by atoms with E-state index in [1.165, 1.54) is 17.0 Å². The smallest absolute Gasteiger partial charge is 0.276 e. The molecule has 0 atom stereocenters. The lowest BCUT2D eigenvalue weighted by Gasteiger charge is -2.38. The fraction of sp³-hybridized carbons (Fsp3) is 0.200. The number of aromatic nitrogens is 1. The summed E-state index contributed by atoms with van der Waals surface area (Å²) in [6.07, 6.45) is 1.07. The molecule has 21 heavy (non-hydrogen) atoms. The third kappa shape index (κ3) is 2.18. The summed E-state index contributed by atoms with van der Waals surface area (Å²) in [5.74, 6) is 0.0876. The summed E-state index contributed by atoms with van der Waals surface area (Å²) in [7, 11) is 0. The highest BCUT2D eigenvalue weighted by Gasteiger charge is 2.42. The van der Waals surface area contributed by atoms with Gasteiger partial charge in [-0.25, -0.2) is 9.37 Å². The highest BCUT2D eigenvalue weighted by atomic mass is 19.1. The number of anilines is 3. The highest BCUT2D eigenvalue weighted by Crippen LogP contribution is 2.42. The first-order valence-electron chi connectivity index (χ1n) is 6.43. The Morgan fingerprint density at radius 3 is 2.71 bits per heavy atom. The maximum absolute atomic E-state index is 13.0. The van der Waals surface area contributed by atoms with E-state index in [9.17, 15) is 9.18 Å². The van der Waals surface area contributed by atoms with Crippen molar-refractivity contribution in [3.8, 4) is 5.75 Å². The second-order valence-corrected chi connectivity index (χ2v) is 5.31. The van der Waals surface area contributed by atoms with Gasteiger partial charge in [0.25, 0.3) is 5.91 Å². The number of hydrogen-bond donors (Lipinski definition) is 1. The average Bonchev–Trinajstić information content (AvgIpc) is 2.41. The first kappa shape index (κ1) is 13.4. The number of nitrogens with zero attached hydrogens (tertiary/aromatic N) is 2. The van der Waals surface area contributed by atoms with Crippen LogP contribution in [-0.4, -0.2) is 16.5 Å². The van der Waals surface area contributed by atoms with Crippen molar-refractivity contribution in [2.75, 3.05) is 10.6 Å². The molecular weight excluding hydrogens is 273 g/mol. The summed E-state index contributed by atoms with van der Waals surface area (Å²) >= 11 is 0. The lowest BCUT2D eigenvalue weighted by Crippen LogP contribution is -2.50. The molecule has 0 spiro atoms. The molecule has 3 rings (SSSR count). The molecule has 6 heteroatoms. The van der Waals surface area contributed by atoms with Gasteiger partial charge in [-0.3, -0.25) is 9.69 Å². The molecule has 1 aliphatic heterocycles. The van der Waals surface area contributed by atoms with E-state index in [0.29, 0.717) is 22.9 Å². The number of amides is 1. The summed E-state index contributed by atoms with van der Waals surface area (Å²) in [4.78, 5) is 18.0.